The van der Waals surface area contributed by atoms with Gasteiger partial charge in [-0.1, -0.05) is 40.9 Å². The Balaban J connectivity index is 2.17. The van der Waals surface area contributed by atoms with Gasteiger partial charge in [0.25, 0.3) is 5.91 Å². The number of amides is 2. The molecule has 0 radical (unpaired) electrons. The van der Waals surface area contributed by atoms with E-state index in [1.54, 1.807) is 4.90 Å². The summed E-state index contributed by atoms with van der Waals surface area (Å²) in [4.78, 5) is 25.4. The second-order valence-corrected chi connectivity index (χ2v) is 5.73. The van der Waals surface area contributed by atoms with Crippen LogP contribution in [0.25, 0.3) is 0 Å². The van der Waals surface area contributed by atoms with Crippen LogP contribution in [0.3, 0.4) is 0 Å². The van der Waals surface area contributed by atoms with E-state index in [2.05, 4.69) is 15.9 Å². The summed E-state index contributed by atoms with van der Waals surface area (Å²) in [6.07, 6.45) is 4.13. The van der Waals surface area contributed by atoms with Gasteiger partial charge in [-0.25, -0.2) is 0 Å². The van der Waals surface area contributed by atoms with Crippen LogP contribution in [0.4, 0.5) is 0 Å². The molecule has 0 unspecified atom stereocenters. The molecule has 0 bridgehead atoms. The van der Waals surface area contributed by atoms with Gasteiger partial charge in [0.1, 0.15) is 0 Å². The van der Waals surface area contributed by atoms with Crippen molar-refractivity contribution in [1.29, 1.82) is 0 Å². The molecular formula is C15H19BrN2O2. The van der Waals surface area contributed by atoms with Crippen LogP contribution in [0.5, 0.6) is 0 Å². The number of nitrogens with two attached hydrogens (primary N) is 1. The van der Waals surface area contributed by atoms with Gasteiger partial charge in [0.05, 0.1) is 6.54 Å². The fourth-order valence-electron chi connectivity index (χ4n) is 2.65. The zero-order chi connectivity index (χ0) is 14.5. The molecule has 1 aromatic rings. The first-order valence-corrected chi connectivity index (χ1v) is 7.98. The highest BCUT2D eigenvalue weighted by Gasteiger charge is 2.28. The Hall–Kier alpha value is -1.36. The van der Waals surface area contributed by atoms with Crippen molar-refractivity contribution in [3.63, 3.8) is 0 Å². The quantitative estimate of drug-likeness (QED) is 0.838. The number of hydrogen-bond donors (Lipinski definition) is 1. The van der Waals surface area contributed by atoms with Gasteiger partial charge in [-0.05, 0) is 30.5 Å². The maximum Gasteiger partial charge on any atom is 0.254 e. The zero-order valence-corrected chi connectivity index (χ0v) is 12.9. The summed E-state index contributed by atoms with van der Waals surface area (Å²) >= 11 is 3.38. The van der Waals surface area contributed by atoms with Gasteiger partial charge >= 0.3 is 0 Å². The van der Waals surface area contributed by atoms with Gasteiger partial charge in [0.2, 0.25) is 5.91 Å². The molecule has 4 nitrogen and oxygen atoms in total. The Bertz CT molecular complexity index is 481. The molecule has 1 aliphatic rings. The Morgan fingerprint density at radius 1 is 1.20 bits per heavy atom. The molecule has 0 aliphatic heterocycles. The SMILES string of the molecule is NC(=O)CN(C(=O)c1ccc(CBr)cc1)C1CCCC1. The highest BCUT2D eigenvalue weighted by Crippen LogP contribution is 2.25. The maximum atomic E-state index is 12.6. The summed E-state index contributed by atoms with van der Waals surface area (Å²) in [6, 6.07) is 7.59. The van der Waals surface area contributed by atoms with Gasteiger partial charge in [-0.3, -0.25) is 9.59 Å². The molecule has 1 saturated carbocycles. The number of alkyl halides is 1. The normalized spacial score (nSPS) is 15.2. The molecule has 0 heterocycles. The predicted octanol–water partition coefficient (Wildman–Crippen LogP) is 2.45. The van der Waals surface area contributed by atoms with E-state index in [1.807, 2.05) is 24.3 Å². The van der Waals surface area contributed by atoms with Crippen LogP contribution in [0.1, 0.15) is 41.6 Å². The van der Waals surface area contributed by atoms with Gasteiger partial charge in [-0.2, -0.15) is 0 Å². The number of rotatable bonds is 5. The topological polar surface area (TPSA) is 63.4 Å². The van der Waals surface area contributed by atoms with Crippen LogP contribution in [-0.4, -0.2) is 29.3 Å². The number of carbonyl (C=O) groups is 2. The summed E-state index contributed by atoms with van der Waals surface area (Å²) in [5.41, 5.74) is 7.01. The molecule has 2 amide bonds. The number of halogens is 1. The minimum absolute atomic E-state index is 0.00367. The van der Waals surface area contributed by atoms with Crippen molar-refractivity contribution in [3.8, 4) is 0 Å². The molecule has 5 heteroatoms. The monoisotopic (exact) mass is 338 g/mol. The molecule has 0 saturated heterocycles. The van der Waals surface area contributed by atoms with Crippen molar-refractivity contribution in [2.45, 2.75) is 37.1 Å². The van der Waals surface area contributed by atoms with Crippen molar-refractivity contribution >= 4 is 27.7 Å². The summed E-state index contributed by atoms with van der Waals surface area (Å²) < 4.78 is 0. The second kappa shape index (κ2) is 6.88. The molecule has 108 valence electrons. The molecule has 0 spiro atoms. The third-order valence-corrected chi connectivity index (χ3v) is 4.36. The summed E-state index contributed by atoms with van der Waals surface area (Å²) in [7, 11) is 0. The van der Waals surface area contributed by atoms with Crippen LogP contribution in [0.15, 0.2) is 24.3 Å². The van der Waals surface area contributed by atoms with E-state index in [9.17, 15) is 9.59 Å². The fraction of sp³-hybridized carbons (Fsp3) is 0.467. The van der Waals surface area contributed by atoms with E-state index < -0.39 is 5.91 Å². The van der Waals surface area contributed by atoms with E-state index in [0.29, 0.717) is 5.56 Å². The fourth-order valence-corrected chi connectivity index (χ4v) is 3.03. The first kappa shape index (κ1) is 15.0. The van der Waals surface area contributed by atoms with E-state index in [0.717, 1.165) is 36.6 Å². The maximum absolute atomic E-state index is 12.6. The third kappa shape index (κ3) is 3.60. The summed E-state index contributed by atoms with van der Waals surface area (Å²) in [6.45, 7) is 0.00367. The van der Waals surface area contributed by atoms with Crippen LogP contribution in [0, 0.1) is 0 Å². The highest BCUT2D eigenvalue weighted by molar-refractivity contribution is 9.08. The van der Waals surface area contributed by atoms with Gasteiger partial charge in [-0.15, -0.1) is 0 Å². The molecule has 1 aromatic carbocycles. The lowest BCUT2D eigenvalue weighted by Crippen LogP contribution is -2.44. The summed E-state index contributed by atoms with van der Waals surface area (Å²) in [5.74, 6) is -0.556. The standard InChI is InChI=1S/C15H19BrN2O2/c16-9-11-5-7-12(8-6-11)15(20)18(10-14(17)19)13-3-1-2-4-13/h5-8,13H,1-4,9-10H2,(H2,17,19). The average molecular weight is 339 g/mol. The van der Waals surface area contributed by atoms with Crippen molar-refractivity contribution in [3.05, 3.63) is 35.4 Å². The van der Waals surface area contributed by atoms with Crippen molar-refractivity contribution in [2.24, 2.45) is 5.73 Å². The smallest absolute Gasteiger partial charge is 0.254 e. The van der Waals surface area contributed by atoms with Crippen LogP contribution >= 0.6 is 15.9 Å². The third-order valence-electron chi connectivity index (χ3n) is 3.71. The zero-order valence-electron chi connectivity index (χ0n) is 11.3. The highest BCUT2D eigenvalue weighted by atomic mass is 79.9. The van der Waals surface area contributed by atoms with Crippen LogP contribution in [0.2, 0.25) is 0 Å². The molecule has 0 atom stereocenters. The van der Waals surface area contributed by atoms with Crippen molar-refractivity contribution in [1.82, 2.24) is 4.90 Å². The number of primary amides is 1. The minimum Gasteiger partial charge on any atom is -0.368 e. The number of nitrogens with zero attached hydrogens (tertiary/aromatic N) is 1. The molecule has 2 rings (SSSR count). The Kier molecular flexibility index (Phi) is 5.17. The molecular weight excluding hydrogens is 320 g/mol. The molecule has 0 aromatic heterocycles. The van der Waals surface area contributed by atoms with E-state index in [-0.39, 0.29) is 18.5 Å². The van der Waals surface area contributed by atoms with Crippen LogP contribution < -0.4 is 5.73 Å². The molecule has 1 aliphatic carbocycles. The van der Waals surface area contributed by atoms with E-state index >= 15 is 0 Å². The second-order valence-electron chi connectivity index (χ2n) is 5.17. The van der Waals surface area contributed by atoms with Gasteiger partial charge in [0.15, 0.2) is 0 Å². The van der Waals surface area contributed by atoms with Crippen LogP contribution in [-0.2, 0) is 10.1 Å². The van der Waals surface area contributed by atoms with Crippen molar-refractivity contribution in [2.75, 3.05) is 6.54 Å². The van der Waals surface area contributed by atoms with E-state index in [1.165, 1.54) is 0 Å². The molecule has 1 fully saturated rings. The summed E-state index contributed by atoms with van der Waals surface area (Å²) in [5, 5.41) is 0.759. The Labute approximate surface area is 127 Å². The van der Waals surface area contributed by atoms with Gasteiger partial charge < -0.3 is 10.6 Å². The lowest BCUT2D eigenvalue weighted by atomic mass is 10.1. The molecule has 2 N–H and O–H groups in total. The Morgan fingerprint density at radius 3 is 2.30 bits per heavy atom. The average Bonchev–Trinajstić information content (AvgIpc) is 2.98. The lowest BCUT2D eigenvalue weighted by molar-refractivity contribution is -0.119. The van der Waals surface area contributed by atoms with Gasteiger partial charge in [0, 0.05) is 16.9 Å². The van der Waals surface area contributed by atoms with Crippen molar-refractivity contribution < 1.29 is 9.59 Å². The lowest BCUT2D eigenvalue weighted by Gasteiger charge is -2.27. The number of carbonyl (C=O) groups excluding carboxylic acids is 2. The Morgan fingerprint density at radius 2 is 1.80 bits per heavy atom. The minimum atomic E-state index is -0.456. The molecule has 20 heavy (non-hydrogen) atoms. The first-order chi connectivity index (χ1) is 9.61. The number of hydrogen-bond acceptors (Lipinski definition) is 2. The van der Waals surface area contributed by atoms with E-state index in [4.69, 9.17) is 5.73 Å². The number of benzene rings is 1. The largest absolute Gasteiger partial charge is 0.368 e. The predicted molar refractivity (Wildman–Crippen MR) is 81.6 cm³/mol. The first-order valence-electron chi connectivity index (χ1n) is 6.86.